The van der Waals surface area contributed by atoms with Gasteiger partial charge in [0, 0.05) is 0 Å². The minimum atomic E-state index is -0.343. The van der Waals surface area contributed by atoms with E-state index in [2.05, 4.69) is 59.0 Å². The molecule has 2 unspecified atom stereocenters. The fourth-order valence-corrected chi connectivity index (χ4v) is 5.93. The van der Waals surface area contributed by atoms with E-state index in [9.17, 15) is 9.59 Å². The van der Waals surface area contributed by atoms with Crippen LogP contribution in [0.15, 0.2) is 0 Å². The number of ether oxygens (including phenoxy) is 1. The molecule has 0 saturated carbocycles. The van der Waals surface area contributed by atoms with Crippen molar-refractivity contribution in [1.29, 1.82) is 0 Å². The number of hydrogen-bond donors (Lipinski definition) is 0. The molecule has 3 nitrogen and oxygen atoms in total. The summed E-state index contributed by atoms with van der Waals surface area (Å²) in [6.07, 6.45) is 33.2. The van der Waals surface area contributed by atoms with Gasteiger partial charge in [-0.1, -0.05) is 213 Å². The van der Waals surface area contributed by atoms with Crippen molar-refractivity contribution in [2.24, 2.45) is 0 Å². The Morgan fingerprint density at radius 2 is 0.649 bits per heavy atom. The Hall–Kier alpha value is 0.600. The van der Waals surface area contributed by atoms with Crippen molar-refractivity contribution in [3.05, 3.63) is 0 Å². The third kappa shape index (κ3) is 26.6. The van der Waals surface area contributed by atoms with Crippen LogP contribution < -0.4 is 0 Å². The maximum atomic E-state index is 12.3. The monoisotopic (exact) mass is 746 g/mol. The first kappa shape index (κ1) is 37.6. The number of halogens is 2. The normalized spacial score (nSPS) is 13.0. The summed E-state index contributed by atoms with van der Waals surface area (Å²) in [7, 11) is 0. The maximum Gasteiger partial charge on any atom is 0.326 e. The lowest BCUT2D eigenvalue weighted by Crippen LogP contribution is -2.26. The van der Waals surface area contributed by atoms with Gasteiger partial charge in [-0.05, 0) is 12.8 Å². The summed E-state index contributed by atoms with van der Waals surface area (Å²) in [5.74, 6) is -0.685. The number of esters is 2. The van der Waals surface area contributed by atoms with Gasteiger partial charge in [-0.25, -0.2) is 0 Å². The van der Waals surface area contributed by atoms with E-state index < -0.39 is 0 Å². The van der Waals surface area contributed by atoms with E-state index in [1.807, 2.05) is 0 Å². The first-order valence-electron chi connectivity index (χ1n) is 16.1. The second-order valence-corrected chi connectivity index (χ2v) is 14.0. The molecule has 0 aliphatic carbocycles. The van der Waals surface area contributed by atoms with Crippen LogP contribution in [0.25, 0.3) is 0 Å². The average Bonchev–Trinajstić information content (AvgIpc) is 2.89. The van der Waals surface area contributed by atoms with Crippen LogP contribution in [0, 0.1) is 0 Å². The summed E-state index contributed by atoms with van der Waals surface area (Å²) in [5, 5.41) is 0. The maximum absolute atomic E-state index is 12.3. The predicted molar refractivity (Wildman–Crippen MR) is 178 cm³/mol. The minimum Gasteiger partial charge on any atom is -0.392 e. The summed E-state index contributed by atoms with van der Waals surface area (Å²) < 4.78 is 4.78. The number of unbranched alkanes of at least 4 members (excludes halogenated alkanes) is 22. The van der Waals surface area contributed by atoms with Gasteiger partial charge < -0.3 is 4.74 Å². The zero-order valence-electron chi connectivity index (χ0n) is 24.5. The van der Waals surface area contributed by atoms with Gasteiger partial charge in [-0.15, -0.1) is 0 Å². The van der Waals surface area contributed by atoms with Gasteiger partial charge in [-0.3, -0.25) is 9.59 Å². The van der Waals surface area contributed by atoms with Crippen LogP contribution in [0.5, 0.6) is 0 Å². The fourth-order valence-electron chi connectivity index (χ4n) is 4.79. The Bertz CT molecular complexity index is 468. The highest BCUT2D eigenvalue weighted by atomic mass is 127. The number of carbonyl (C=O) groups is 2. The lowest BCUT2D eigenvalue weighted by atomic mass is 10.0. The molecule has 0 amide bonds. The minimum absolute atomic E-state index is 0.208. The van der Waals surface area contributed by atoms with E-state index in [-0.39, 0.29) is 19.8 Å². The molecular formula is C32H60I2O3. The van der Waals surface area contributed by atoms with Crippen molar-refractivity contribution in [3.8, 4) is 0 Å². The van der Waals surface area contributed by atoms with Gasteiger partial charge in [0.15, 0.2) is 0 Å². The third-order valence-corrected chi connectivity index (χ3v) is 9.60. The quantitative estimate of drug-likeness (QED) is 0.0263. The summed E-state index contributed by atoms with van der Waals surface area (Å²) in [6.45, 7) is 4.54. The van der Waals surface area contributed by atoms with E-state index in [0.29, 0.717) is 0 Å². The van der Waals surface area contributed by atoms with Crippen LogP contribution >= 0.6 is 45.2 Å². The van der Waals surface area contributed by atoms with E-state index in [4.69, 9.17) is 4.74 Å². The molecule has 0 rings (SSSR count). The molecule has 2 atom stereocenters. The van der Waals surface area contributed by atoms with Gasteiger partial charge in [-0.2, -0.15) is 0 Å². The van der Waals surface area contributed by atoms with Crippen LogP contribution in [0.3, 0.4) is 0 Å². The number of alkyl halides is 2. The van der Waals surface area contributed by atoms with Crippen LogP contribution in [0.2, 0.25) is 0 Å². The molecule has 0 aliphatic rings. The van der Waals surface area contributed by atoms with Gasteiger partial charge in [0.05, 0.1) is 0 Å². The van der Waals surface area contributed by atoms with Crippen LogP contribution in [0.1, 0.15) is 181 Å². The van der Waals surface area contributed by atoms with Crippen molar-refractivity contribution in [2.75, 3.05) is 0 Å². The molecule has 0 aliphatic heterocycles. The first-order valence-corrected chi connectivity index (χ1v) is 18.6. The molecule has 5 heteroatoms. The molecule has 0 spiro atoms. The lowest BCUT2D eigenvalue weighted by molar-refractivity contribution is -0.158. The molecule has 37 heavy (non-hydrogen) atoms. The largest absolute Gasteiger partial charge is 0.392 e. The molecule has 0 heterocycles. The number of carbonyl (C=O) groups excluding carboxylic acids is 2. The van der Waals surface area contributed by atoms with Crippen LogP contribution in [-0.4, -0.2) is 19.8 Å². The number of hydrogen-bond acceptors (Lipinski definition) is 3. The molecular weight excluding hydrogens is 686 g/mol. The Kier molecular flexibility index (Phi) is 30.1. The summed E-state index contributed by atoms with van der Waals surface area (Å²) in [6, 6.07) is 0. The van der Waals surface area contributed by atoms with Crippen molar-refractivity contribution in [3.63, 3.8) is 0 Å². The highest BCUT2D eigenvalue weighted by Crippen LogP contribution is 2.19. The molecule has 0 fully saturated rings. The topological polar surface area (TPSA) is 43.4 Å². The molecule has 0 aromatic rings. The first-order chi connectivity index (χ1) is 18.0. The van der Waals surface area contributed by atoms with Gasteiger partial charge >= 0.3 is 11.9 Å². The van der Waals surface area contributed by atoms with Gasteiger partial charge in [0.25, 0.3) is 0 Å². The fraction of sp³-hybridized carbons (Fsp3) is 0.938. The number of rotatable bonds is 28. The standard InChI is InChI=1S/C32H60I2O3/c1-3-5-7-9-11-13-15-17-19-21-23-25-27-29(33)31(35)37-32(36)30(34)28-26-24-22-20-18-16-14-12-10-8-6-4-2/h29-30H,3-28H2,1-2H3. The van der Waals surface area contributed by atoms with Crippen molar-refractivity contribution >= 4 is 57.1 Å². The zero-order chi connectivity index (χ0) is 27.4. The Morgan fingerprint density at radius 3 is 0.892 bits per heavy atom. The highest BCUT2D eigenvalue weighted by molar-refractivity contribution is 14.1. The van der Waals surface area contributed by atoms with Crippen LogP contribution in [0.4, 0.5) is 0 Å². The lowest BCUT2D eigenvalue weighted by Gasteiger charge is -2.12. The molecule has 0 saturated heterocycles. The van der Waals surface area contributed by atoms with Crippen molar-refractivity contribution in [1.82, 2.24) is 0 Å². The third-order valence-electron chi connectivity index (χ3n) is 7.33. The van der Waals surface area contributed by atoms with E-state index in [1.54, 1.807) is 0 Å². The second kappa shape index (κ2) is 29.6. The van der Waals surface area contributed by atoms with Gasteiger partial charge in [0.2, 0.25) is 0 Å². The SMILES string of the molecule is CCCCCCCCCCCCCCC(I)C(=O)OC(=O)C(I)CCCCCCCCCCCCCC. The molecule has 0 aromatic carbocycles. The van der Waals surface area contributed by atoms with Crippen molar-refractivity contribution in [2.45, 2.75) is 189 Å². The summed E-state index contributed by atoms with van der Waals surface area (Å²) in [5.41, 5.74) is 0. The summed E-state index contributed by atoms with van der Waals surface area (Å²) in [4.78, 5) is 24.6. The second-order valence-electron chi connectivity index (χ2n) is 11.0. The van der Waals surface area contributed by atoms with E-state index in [1.165, 1.54) is 141 Å². The van der Waals surface area contributed by atoms with Crippen molar-refractivity contribution < 1.29 is 14.3 Å². The Labute approximate surface area is 258 Å². The average molecular weight is 747 g/mol. The molecule has 0 bridgehead atoms. The Morgan fingerprint density at radius 1 is 0.432 bits per heavy atom. The predicted octanol–water partition coefficient (Wildman–Crippen LogP) is 11.8. The molecule has 220 valence electrons. The smallest absolute Gasteiger partial charge is 0.326 e. The molecule has 0 aromatic heterocycles. The molecule has 0 N–H and O–H groups in total. The van der Waals surface area contributed by atoms with E-state index in [0.717, 1.165) is 25.7 Å². The van der Waals surface area contributed by atoms with Gasteiger partial charge in [0.1, 0.15) is 7.85 Å². The summed E-state index contributed by atoms with van der Waals surface area (Å²) >= 11 is 4.30. The zero-order valence-corrected chi connectivity index (χ0v) is 28.8. The molecule has 0 radical (unpaired) electrons. The van der Waals surface area contributed by atoms with E-state index >= 15 is 0 Å². The van der Waals surface area contributed by atoms with Crippen LogP contribution in [-0.2, 0) is 14.3 Å². The highest BCUT2D eigenvalue weighted by Gasteiger charge is 2.23. The Balaban J connectivity index is 3.58.